The maximum absolute atomic E-state index is 12.6. The molecule has 0 spiro atoms. The van der Waals surface area contributed by atoms with Crippen LogP contribution in [0.2, 0.25) is 0 Å². The molecule has 86 valence electrons. The van der Waals surface area contributed by atoms with E-state index in [1.165, 1.54) is 6.92 Å². The third-order valence-corrected chi connectivity index (χ3v) is 2.92. The SMILES string of the molecule is CC1CC(C)(C(F)(F)F)CC=C1[N+](=O)[O-]. The molecule has 0 aromatic heterocycles. The lowest BCUT2D eigenvalue weighted by molar-refractivity contribution is -0.436. The molecule has 0 radical (unpaired) electrons. The van der Waals surface area contributed by atoms with Crippen molar-refractivity contribution < 1.29 is 18.1 Å². The summed E-state index contributed by atoms with van der Waals surface area (Å²) < 4.78 is 37.9. The van der Waals surface area contributed by atoms with Crippen LogP contribution in [0, 0.1) is 21.4 Å². The summed E-state index contributed by atoms with van der Waals surface area (Å²) in [6.45, 7) is 2.56. The van der Waals surface area contributed by atoms with Crippen LogP contribution in [0.1, 0.15) is 26.7 Å². The van der Waals surface area contributed by atoms with E-state index >= 15 is 0 Å². The highest BCUT2D eigenvalue weighted by atomic mass is 19.4. The molecule has 15 heavy (non-hydrogen) atoms. The van der Waals surface area contributed by atoms with Crippen molar-refractivity contribution in [1.29, 1.82) is 0 Å². The Morgan fingerprint density at radius 1 is 1.60 bits per heavy atom. The van der Waals surface area contributed by atoms with Gasteiger partial charge in [0.05, 0.1) is 10.3 Å². The van der Waals surface area contributed by atoms with Gasteiger partial charge in [-0.15, -0.1) is 0 Å². The van der Waals surface area contributed by atoms with Crippen LogP contribution >= 0.6 is 0 Å². The molecule has 2 atom stereocenters. The van der Waals surface area contributed by atoms with E-state index in [0.717, 1.165) is 13.0 Å². The molecule has 0 N–H and O–H groups in total. The Labute approximate surface area is 85.1 Å². The number of rotatable bonds is 1. The number of hydrogen-bond acceptors (Lipinski definition) is 2. The molecule has 0 bridgehead atoms. The summed E-state index contributed by atoms with van der Waals surface area (Å²) in [6, 6.07) is 0. The Balaban J connectivity index is 2.95. The van der Waals surface area contributed by atoms with Crippen molar-refractivity contribution in [2.45, 2.75) is 32.9 Å². The van der Waals surface area contributed by atoms with E-state index < -0.39 is 22.4 Å². The maximum atomic E-state index is 12.6. The van der Waals surface area contributed by atoms with Crippen LogP contribution < -0.4 is 0 Å². The number of alkyl halides is 3. The minimum Gasteiger partial charge on any atom is -0.259 e. The van der Waals surface area contributed by atoms with Gasteiger partial charge in [-0.3, -0.25) is 10.1 Å². The van der Waals surface area contributed by atoms with Crippen molar-refractivity contribution in [2.75, 3.05) is 0 Å². The van der Waals surface area contributed by atoms with E-state index in [2.05, 4.69) is 0 Å². The van der Waals surface area contributed by atoms with Gasteiger partial charge in [0.25, 0.3) is 0 Å². The molecule has 2 unspecified atom stereocenters. The fourth-order valence-corrected chi connectivity index (χ4v) is 1.88. The van der Waals surface area contributed by atoms with Crippen LogP contribution in [-0.2, 0) is 0 Å². The summed E-state index contributed by atoms with van der Waals surface area (Å²) in [5.74, 6) is -0.652. The van der Waals surface area contributed by atoms with E-state index in [-0.39, 0.29) is 18.5 Å². The van der Waals surface area contributed by atoms with Gasteiger partial charge < -0.3 is 0 Å². The summed E-state index contributed by atoms with van der Waals surface area (Å²) in [7, 11) is 0. The van der Waals surface area contributed by atoms with Crippen LogP contribution in [0.3, 0.4) is 0 Å². The first-order valence-corrected chi connectivity index (χ1v) is 4.58. The number of nitro groups is 1. The number of hydrogen-bond donors (Lipinski definition) is 0. The largest absolute Gasteiger partial charge is 0.394 e. The molecule has 0 amide bonds. The fraction of sp³-hybridized carbons (Fsp3) is 0.778. The topological polar surface area (TPSA) is 43.1 Å². The zero-order valence-electron chi connectivity index (χ0n) is 8.47. The molecule has 1 aliphatic rings. The highest BCUT2D eigenvalue weighted by Gasteiger charge is 2.53. The molecule has 0 saturated heterocycles. The smallest absolute Gasteiger partial charge is 0.259 e. The van der Waals surface area contributed by atoms with Crippen molar-refractivity contribution in [3.05, 3.63) is 21.9 Å². The zero-order chi connectivity index (χ0) is 11.9. The van der Waals surface area contributed by atoms with E-state index in [9.17, 15) is 23.3 Å². The van der Waals surface area contributed by atoms with Crippen molar-refractivity contribution in [3.63, 3.8) is 0 Å². The highest BCUT2D eigenvalue weighted by Crippen LogP contribution is 2.49. The molecule has 0 aromatic carbocycles. The normalized spacial score (nSPS) is 32.3. The molecule has 0 aromatic rings. The Hall–Kier alpha value is -1.07. The average Bonchev–Trinajstić information content (AvgIpc) is 2.00. The fourth-order valence-electron chi connectivity index (χ4n) is 1.88. The van der Waals surface area contributed by atoms with Crippen molar-refractivity contribution in [2.24, 2.45) is 11.3 Å². The van der Waals surface area contributed by atoms with Crippen LogP contribution in [0.4, 0.5) is 13.2 Å². The Morgan fingerprint density at radius 2 is 2.13 bits per heavy atom. The van der Waals surface area contributed by atoms with E-state index in [0.29, 0.717) is 0 Å². The van der Waals surface area contributed by atoms with Gasteiger partial charge in [0.1, 0.15) is 0 Å². The van der Waals surface area contributed by atoms with E-state index in [4.69, 9.17) is 0 Å². The standard InChI is InChI=1S/C9H12F3NO2/c1-6-5-8(2,9(10,11)12)4-3-7(6)13(14)15/h3,6H,4-5H2,1-2H3. The second-order valence-corrected chi connectivity index (χ2v) is 4.25. The van der Waals surface area contributed by atoms with E-state index in [1.54, 1.807) is 0 Å². The second kappa shape index (κ2) is 3.50. The van der Waals surface area contributed by atoms with Crippen LogP contribution in [-0.4, -0.2) is 11.1 Å². The van der Waals surface area contributed by atoms with Crippen molar-refractivity contribution >= 4 is 0 Å². The molecule has 1 rings (SSSR count). The third kappa shape index (κ3) is 2.13. The molecular formula is C9H12F3NO2. The zero-order valence-corrected chi connectivity index (χ0v) is 8.47. The number of nitrogens with zero attached hydrogens (tertiary/aromatic N) is 1. The van der Waals surface area contributed by atoms with Crippen molar-refractivity contribution in [3.8, 4) is 0 Å². The first-order chi connectivity index (χ1) is 6.67. The molecule has 0 aliphatic heterocycles. The lowest BCUT2D eigenvalue weighted by Gasteiger charge is -2.35. The first-order valence-electron chi connectivity index (χ1n) is 4.58. The number of halogens is 3. The Kier molecular flexibility index (Phi) is 2.80. The van der Waals surface area contributed by atoms with Crippen LogP contribution in [0.15, 0.2) is 11.8 Å². The Bertz CT molecular complexity index is 311. The van der Waals surface area contributed by atoms with Gasteiger partial charge in [-0.1, -0.05) is 13.8 Å². The Morgan fingerprint density at radius 3 is 2.47 bits per heavy atom. The summed E-state index contributed by atoms with van der Waals surface area (Å²) in [5, 5.41) is 10.5. The maximum Gasteiger partial charge on any atom is 0.394 e. The summed E-state index contributed by atoms with van der Waals surface area (Å²) in [4.78, 5) is 9.88. The summed E-state index contributed by atoms with van der Waals surface area (Å²) >= 11 is 0. The molecule has 6 heteroatoms. The molecule has 3 nitrogen and oxygen atoms in total. The molecule has 0 fully saturated rings. The minimum absolute atomic E-state index is 0.100. The van der Waals surface area contributed by atoms with Gasteiger partial charge in [0, 0.05) is 5.92 Å². The van der Waals surface area contributed by atoms with Gasteiger partial charge in [-0.2, -0.15) is 13.2 Å². The summed E-state index contributed by atoms with van der Waals surface area (Å²) in [5.41, 5.74) is -1.93. The van der Waals surface area contributed by atoms with Gasteiger partial charge in [0.15, 0.2) is 0 Å². The first kappa shape index (κ1) is 12.0. The van der Waals surface area contributed by atoms with Crippen molar-refractivity contribution in [1.82, 2.24) is 0 Å². The van der Waals surface area contributed by atoms with Gasteiger partial charge in [-0.05, 0) is 18.9 Å². The highest BCUT2D eigenvalue weighted by molar-refractivity contribution is 5.07. The van der Waals surface area contributed by atoms with Gasteiger partial charge in [-0.25, -0.2) is 0 Å². The lowest BCUT2D eigenvalue weighted by Crippen LogP contribution is -2.39. The van der Waals surface area contributed by atoms with Crippen LogP contribution in [0.5, 0.6) is 0 Å². The van der Waals surface area contributed by atoms with Gasteiger partial charge in [0.2, 0.25) is 5.70 Å². The van der Waals surface area contributed by atoms with Crippen LogP contribution in [0.25, 0.3) is 0 Å². The minimum atomic E-state index is -4.31. The predicted molar refractivity (Wildman–Crippen MR) is 47.6 cm³/mol. The average molecular weight is 223 g/mol. The second-order valence-electron chi connectivity index (χ2n) is 4.25. The van der Waals surface area contributed by atoms with Gasteiger partial charge >= 0.3 is 6.18 Å². The quantitative estimate of drug-likeness (QED) is 0.506. The number of allylic oxidation sites excluding steroid dienone is 2. The third-order valence-electron chi connectivity index (χ3n) is 2.92. The monoisotopic (exact) mass is 223 g/mol. The summed E-state index contributed by atoms with van der Waals surface area (Å²) in [6.07, 6.45) is -3.73. The molecule has 1 aliphatic carbocycles. The lowest BCUT2D eigenvalue weighted by atomic mass is 9.73. The predicted octanol–water partition coefficient (Wildman–Crippen LogP) is 3.15. The van der Waals surface area contributed by atoms with E-state index in [1.807, 2.05) is 0 Å². The molecule has 0 saturated carbocycles. The molecule has 0 heterocycles. The molecular weight excluding hydrogens is 211 g/mol.